The fourth-order valence-electron chi connectivity index (χ4n) is 5.25. The van der Waals surface area contributed by atoms with E-state index in [1.807, 2.05) is 114 Å². The van der Waals surface area contributed by atoms with E-state index in [2.05, 4.69) is 5.32 Å². The summed E-state index contributed by atoms with van der Waals surface area (Å²) in [4.78, 5) is 4.89. The number of aromatic hydroxyl groups is 1. The topological polar surface area (TPSA) is 72.2 Å². The number of benzene rings is 5. The van der Waals surface area contributed by atoms with Crippen molar-refractivity contribution in [2.45, 2.75) is 6.04 Å². The highest BCUT2D eigenvalue weighted by Crippen LogP contribution is 2.42. The molecule has 42 heavy (non-hydrogen) atoms. The number of anilines is 1. The van der Waals surface area contributed by atoms with E-state index in [0.717, 1.165) is 54.8 Å². The predicted octanol–water partition coefficient (Wildman–Crippen LogP) is 8.87. The highest BCUT2D eigenvalue weighted by Gasteiger charge is 2.27. The number of phenolic OH excluding ortho intramolecular Hbond substituents is 1. The van der Waals surface area contributed by atoms with Crippen LogP contribution in [0.15, 0.2) is 115 Å². The maximum Gasteiger partial charge on any atom is 0.184 e. The molecule has 0 aliphatic rings. The van der Waals surface area contributed by atoms with E-state index in [1.54, 1.807) is 13.2 Å². The van der Waals surface area contributed by atoms with Crippen molar-refractivity contribution >= 4 is 49.1 Å². The third kappa shape index (κ3) is 4.83. The van der Waals surface area contributed by atoms with Gasteiger partial charge in [0.1, 0.15) is 11.5 Å². The Morgan fingerprint density at radius 2 is 1.69 bits per heavy atom. The zero-order chi connectivity index (χ0) is 28.6. The summed E-state index contributed by atoms with van der Waals surface area (Å²) in [6.07, 6.45) is 2.02. The number of aromatic nitrogens is 3. The minimum atomic E-state index is -0.498. The van der Waals surface area contributed by atoms with Crippen LogP contribution in [0.3, 0.4) is 0 Å². The molecule has 0 radical (unpaired) electrons. The van der Waals surface area contributed by atoms with Crippen molar-refractivity contribution in [3.05, 3.63) is 132 Å². The van der Waals surface area contributed by atoms with Crippen molar-refractivity contribution in [3.8, 4) is 28.4 Å². The number of hydrogen-bond acceptors (Lipinski definition) is 6. The first kappa shape index (κ1) is 26.1. The van der Waals surface area contributed by atoms with E-state index >= 15 is 0 Å². The number of thiazole rings is 1. The van der Waals surface area contributed by atoms with E-state index in [9.17, 15) is 5.11 Å². The van der Waals surface area contributed by atoms with Gasteiger partial charge in [0, 0.05) is 27.9 Å². The maximum absolute atomic E-state index is 11.4. The summed E-state index contributed by atoms with van der Waals surface area (Å²) >= 11 is 7.80. The number of para-hydroxylation sites is 1. The first-order valence-corrected chi connectivity index (χ1v) is 14.6. The molecule has 0 saturated carbocycles. The number of halogens is 1. The number of nitrogens with zero attached hydrogens (tertiary/aromatic N) is 3. The molecular weight excluding hydrogens is 564 g/mol. The molecule has 0 amide bonds. The van der Waals surface area contributed by atoms with Gasteiger partial charge in [0.15, 0.2) is 5.13 Å². The summed E-state index contributed by atoms with van der Waals surface area (Å²) in [7, 11) is 1.66. The third-order valence-electron chi connectivity index (χ3n) is 7.29. The molecule has 5 aromatic carbocycles. The molecule has 7 aromatic rings. The molecule has 0 aliphatic heterocycles. The molecule has 6 nitrogen and oxygen atoms in total. The number of rotatable bonds is 7. The summed E-state index contributed by atoms with van der Waals surface area (Å²) in [6.45, 7) is 0. The van der Waals surface area contributed by atoms with Crippen molar-refractivity contribution in [2.24, 2.45) is 0 Å². The lowest BCUT2D eigenvalue weighted by atomic mass is 9.91. The Morgan fingerprint density at radius 1 is 0.905 bits per heavy atom. The Labute approximate surface area is 251 Å². The van der Waals surface area contributed by atoms with Gasteiger partial charge in [-0.3, -0.25) is 0 Å². The summed E-state index contributed by atoms with van der Waals surface area (Å²) in [5, 5.41) is 23.5. The molecular formula is C34H25ClN4O2S. The number of hydrogen-bond donors (Lipinski definition) is 2. The van der Waals surface area contributed by atoms with Crippen LogP contribution in [0.2, 0.25) is 5.02 Å². The highest BCUT2D eigenvalue weighted by atomic mass is 35.5. The van der Waals surface area contributed by atoms with Crippen molar-refractivity contribution in [1.82, 2.24) is 14.8 Å². The monoisotopic (exact) mass is 588 g/mol. The smallest absolute Gasteiger partial charge is 0.184 e. The number of fused-ring (bicyclic) bond motifs is 2. The number of ether oxygens (including phenoxy) is 1. The molecule has 7 rings (SSSR count). The van der Waals surface area contributed by atoms with Gasteiger partial charge in [-0.05, 0) is 59.3 Å². The van der Waals surface area contributed by atoms with Crippen LogP contribution < -0.4 is 10.1 Å². The average Bonchev–Trinajstić information content (AvgIpc) is 3.65. The summed E-state index contributed by atoms with van der Waals surface area (Å²) in [6, 6.07) is 34.7. The Kier molecular flexibility index (Phi) is 6.74. The van der Waals surface area contributed by atoms with E-state index in [4.69, 9.17) is 26.4 Å². The normalized spacial score (nSPS) is 12.0. The molecule has 2 aromatic heterocycles. The highest BCUT2D eigenvalue weighted by molar-refractivity contribution is 7.22. The fourth-order valence-corrected chi connectivity index (χ4v) is 6.30. The van der Waals surface area contributed by atoms with E-state index < -0.39 is 6.04 Å². The van der Waals surface area contributed by atoms with Gasteiger partial charge in [-0.25, -0.2) is 9.67 Å². The van der Waals surface area contributed by atoms with E-state index in [0.29, 0.717) is 10.2 Å². The summed E-state index contributed by atoms with van der Waals surface area (Å²) < 4.78 is 8.31. The van der Waals surface area contributed by atoms with Crippen molar-refractivity contribution in [2.75, 3.05) is 12.4 Å². The predicted molar refractivity (Wildman–Crippen MR) is 171 cm³/mol. The fraction of sp³-hybridized carbons (Fsp3) is 0.0588. The Morgan fingerprint density at radius 3 is 2.50 bits per heavy atom. The van der Waals surface area contributed by atoms with Crippen molar-refractivity contribution in [1.29, 1.82) is 0 Å². The van der Waals surface area contributed by atoms with Crippen molar-refractivity contribution < 1.29 is 9.84 Å². The van der Waals surface area contributed by atoms with Gasteiger partial charge in [0.05, 0.1) is 34.7 Å². The Bertz CT molecular complexity index is 2040. The number of phenols is 1. The third-order valence-corrected chi connectivity index (χ3v) is 8.49. The van der Waals surface area contributed by atoms with Gasteiger partial charge >= 0.3 is 0 Å². The SMILES string of the molecule is COc1ccc2nc(NC(c3cn(-c4ccccc4)nc3-c3ccc(Cl)cc3)c3c(O)ccc4ccccc34)sc2c1. The van der Waals surface area contributed by atoms with E-state index in [1.165, 1.54) is 11.3 Å². The maximum atomic E-state index is 11.4. The van der Waals surface area contributed by atoms with Gasteiger partial charge in [-0.15, -0.1) is 0 Å². The lowest BCUT2D eigenvalue weighted by Crippen LogP contribution is -2.13. The lowest BCUT2D eigenvalue weighted by Gasteiger charge is -2.22. The Balaban J connectivity index is 1.47. The summed E-state index contributed by atoms with van der Waals surface area (Å²) in [5.74, 6) is 0.957. The minimum absolute atomic E-state index is 0.184. The molecule has 1 atom stereocenters. The van der Waals surface area contributed by atoms with Crippen LogP contribution in [-0.4, -0.2) is 27.0 Å². The van der Waals surface area contributed by atoms with Crippen molar-refractivity contribution in [3.63, 3.8) is 0 Å². The van der Waals surface area contributed by atoms with Crippen LogP contribution in [0, 0.1) is 0 Å². The van der Waals surface area contributed by atoms with Gasteiger partial charge in [0.25, 0.3) is 0 Å². The molecule has 1 unspecified atom stereocenters. The molecule has 8 heteroatoms. The molecule has 0 bridgehead atoms. The van der Waals surface area contributed by atoms with Crippen LogP contribution in [0.4, 0.5) is 5.13 Å². The quantitative estimate of drug-likeness (QED) is 0.194. The molecule has 2 heterocycles. The first-order valence-electron chi connectivity index (χ1n) is 13.4. The Hall–Kier alpha value is -4.85. The largest absolute Gasteiger partial charge is 0.508 e. The number of nitrogens with one attached hydrogen (secondary N) is 1. The second-order valence-electron chi connectivity index (χ2n) is 9.87. The molecule has 0 aliphatic carbocycles. The zero-order valence-corrected chi connectivity index (χ0v) is 24.1. The molecule has 206 valence electrons. The number of methoxy groups -OCH3 is 1. The van der Waals surface area contributed by atoms with Crippen LogP contribution in [0.1, 0.15) is 17.2 Å². The molecule has 0 spiro atoms. The lowest BCUT2D eigenvalue weighted by molar-refractivity contribution is 0.415. The van der Waals surface area contributed by atoms with Crippen LogP contribution in [0.25, 0.3) is 37.9 Å². The second-order valence-corrected chi connectivity index (χ2v) is 11.3. The van der Waals surface area contributed by atoms with Gasteiger partial charge < -0.3 is 15.2 Å². The van der Waals surface area contributed by atoms with Gasteiger partial charge in [0.2, 0.25) is 0 Å². The molecule has 2 N–H and O–H groups in total. The summed E-state index contributed by atoms with van der Waals surface area (Å²) in [5.41, 5.74) is 5.08. The molecule has 0 fully saturated rings. The zero-order valence-electron chi connectivity index (χ0n) is 22.5. The first-order chi connectivity index (χ1) is 20.6. The standard InChI is InChI=1S/C34H25ClN4O2S/c1-41-25-16-17-28-30(19-25)42-34(36-28)37-33(31-26-10-6-5-7-21(26)13-18-29(31)40)27-20-39(24-8-3-2-4-9-24)38-32(27)22-11-14-23(35)15-12-22/h2-20,33,40H,1H3,(H,36,37). The van der Waals surface area contributed by atoms with Crippen LogP contribution in [-0.2, 0) is 0 Å². The van der Waals surface area contributed by atoms with Crippen LogP contribution in [0.5, 0.6) is 11.5 Å². The minimum Gasteiger partial charge on any atom is -0.508 e. The molecule has 0 saturated heterocycles. The van der Waals surface area contributed by atoms with Crippen LogP contribution >= 0.6 is 22.9 Å². The average molecular weight is 589 g/mol. The van der Waals surface area contributed by atoms with Gasteiger partial charge in [-0.1, -0.05) is 83.6 Å². The van der Waals surface area contributed by atoms with Gasteiger partial charge in [-0.2, -0.15) is 5.10 Å². The van der Waals surface area contributed by atoms with E-state index in [-0.39, 0.29) is 5.75 Å². The second kappa shape index (κ2) is 10.9.